The fraction of sp³-hybridized carbons (Fsp3) is 0. The third kappa shape index (κ3) is 2.71. The summed E-state index contributed by atoms with van der Waals surface area (Å²) in [6.07, 6.45) is 3.17. The van der Waals surface area contributed by atoms with Crippen LogP contribution in [0.3, 0.4) is 0 Å². The summed E-state index contributed by atoms with van der Waals surface area (Å²) in [5.74, 6) is 0.363. The number of nitrogens with one attached hydrogen (secondary N) is 2. The number of H-pyrrole nitrogens is 1. The summed E-state index contributed by atoms with van der Waals surface area (Å²) in [6, 6.07) is 18.6. The number of rotatable bonds is 3. The predicted molar refractivity (Wildman–Crippen MR) is 110 cm³/mol. The SMILES string of the molecule is O=C(Nn1c(-c2ccc(Cl)cc2)nc2c3ccccc3[nH]c21)c1ccncc1. The molecule has 5 rings (SSSR count). The molecule has 2 N–H and O–H groups in total. The van der Waals surface area contributed by atoms with Gasteiger partial charge in [-0.3, -0.25) is 15.2 Å². The van der Waals surface area contributed by atoms with E-state index in [1.54, 1.807) is 41.3 Å². The van der Waals surface area contributed by atoms with Gasteiger partial charge in [0, 0.05) is 39.4 Å². The average molecular weight is 388 g/mol. The van der Waals surface area contributed by atoms with Crippen LogP contribution in [-0.4, -0.2) is 25.5 Å². The van der Waals surface area contributed by atoms with Crippen LogP contribution in [0.25, 0.3) is 33.5 Å². The molecule has 5 aromatic rings. The largest absolute Gasteiger partial charge is 0.338 e. The molecule has 0 spiro atoms. The second kappa shape index (κ2) is 6.51. The number of halogens is 1. The minimum Gasteiger partial charge on any atom is -0.338 e. The van der Waals surface area contributed by atoms with Crippen LogP contribution in [0.2, 0.25) is 5.02 Å². The highest BCUT2D eigenvalue weighted by Gasteiger charge is 2.19. The van der Waals surface area contributed by atoms with Gasteiger partial charge in [-0.15, -0.1) is 0 Å². The lowest BCUT2D eigenvalue weighted by molar-refractivity contribution is 0.101. The highest BCUT2D eigenvalue weighted by atomic mass is 35.5. The van der Waals surface area contributed by atoms with E-state index < -0.39 is 0 Å². The fourth-order valence-electron chi connectivity index (χ4n) is 3.22. The van der Waals surface area contributed by atoms with Crippen LogP contribution in [0.4, 0.5) is 0 Å². The monoisotopic (exact) mass is 387 g/mol. The molecule has 7 heteroatoms. The van der Waals surface area contributed by atoms with Gasteiger partial charge in [0.15, 0.2) is 11.5 Å². The molecule has 136 valence electrons. The summed E-state index contributed by atoms with van der Waals surface area (Å²) >= 11 is 6.03. The zero-order valence-corrected chi connectivity index (χ0v) is 15.3. The number of nitrogens with zero attached hydrogens (tertiary/aromatic N) is 3. The van der Waals surface area contributed by atoms with Crippen LogP contribution in [0.5, 0.6) is 0 Å². The standard InChI is InChI=1S/C21H14ClN5O/c22-15-7-5-13(6-8-15)19-25-18-16-3-1-2-4-17(16)24-20(18)27(19)26-21(28)14-9-11-23-12-10-14/h1-12,24H,(H,26,28). The first-order chi connectivity index (χ1) is 13.7. The van der Waals surface area contributed by atoms with E-state index in [2.05, 4.69) is 15.4 Å². The van der Waals surface area contributed by atoms with Gasteiger partial charge in [-0.2, -0.15) is 0 Å². The van der Waals surface area contributed by atoms with Crippen molar-refractivity contribution in [3.63, 3.8) is 0 Å². The summed E-state index contributed by atoms with van der Waals surface area (Å²) in [7, 11) is 0. The summed E-state index contributed by atoms with van der Waals surface area (Å²) in [5.41, 5.74) is 6.75. The third-order valence-electron chi connectivity index (χ3n) is 4.57. The van der Waals surface area contributed by atoms with Crippen molar-refractivity contribution in [3.8, 4) is 11.4 Å². The molecule has 0 bridgehead atoms. The Balaban J connectivity index is 1.70. The molecular formula is C21H14ClN5O. The molecule has 3 heterocycles. The Morgan fingerprint density at radius 1 is 1.00 bits per heavy atom. The van der Waals surface area contributed by atoms with E-state index in [9.17, 15) is 4.79 Å². The average Bonchev–Trinajstić information content (AvgIpc) is 3.26. The van der Waals surface area contributed by atoms with Crippen molar-refractivity contribution in [2.45, 2.75) is 0 Å². The van der Waals surface area contributed by atoms with Gasteiger partial charge in [0.2, 0.25) is 0 Å². The molecule has 0 fully saturated rings. The van der Waals surface area contributed by atoms with Gasteiger partial charge in [-0.05, 0) is 42.5 Å². The summed E-state index contributed by atoms with van der Waals surface area (Å²) in [5, 5.41) is 1.63. The zero-order chi connectivity index (χ0) is 19.1. The van der Waals surface area contributed by atoms with E-state index in [1.165, 1.54) is 0 Å². The number of hydrogen-bond acceptors (Lipinski definition) is 3. The molecule has 0 unspecified atom stereocenters. The Bertz CT molecular complexity index is 1310. The molecule has 0 atom stereocenters. The minimum absolute atomic E-state index is 0.254. The lowest BCUT2D eigenvalue weighted by Gasteiger charge is -2.10. The number of pyridine rings is 1. The van der Waals surface area contributed by atoms with Gasteiger partial charge < -0.3 is 4.98 Å². The smallest absolute Gasteiger partial charge is 0.270 e. The number of amides is 1. The first-order valence-corrected chi connectivity index (χ1v) is 9.05. The number of aromatic nitrogens is 4. The molecule has 0 radical (unpaired) electrons. The summed E-state index contributed by atoms with van der Waals surface area (Å²) in [6.45, 7) is 0. The Hall–Kier alpha value is -3.64. The van der Waals surface area contributed by atoms with Crippen LogP contribution < -0.4 is 5.43 Å². The number of para-hydroxylation sites is 1. The van der Waals surface area contributed by atoms with E-state index in [4.69, 9.17) is 16.6 Å². The molecule has 0 aliphatic carbocycles. The van der Waals surface area contributed by atoms with Gasteiger partial charge in [-0.25, -0.2) is 9.66 Å². The van der Waals surface area contributed by atoms with Crippen molar-refractivity contribution in [2.24, 2.45) is 0 Å². The number of carbonyl (C=O) groups excluding carboxylic acids is 1. The Kier molecular flexibility index (Phi) is 3.84. The number of hydrogen-bond donors (Lipinski definition) is 2. The molecular weight excluding hydrogens is 374 g/mol. The number of carbonyl (C=O) groups is 1. The van der Waals surface area contributed by atoms with Crippen LogP contribution in [0.15, 0.2) is 73.1 Å². The topological polar surface area (TPSA) is 75.6 Å². The minimum atomic E-state index is -0.254. The second-order valence-electron chi connectivity index (χ2n) is 6.32. The van der Waals surface area contributed by atoms with E-state index in [-0.39, 0.29) is 5.91 Å². The zero-order valence-electron chi connectivity index (χ0n) is 14.6. The van der Waals surface area contributed by atoms with Crippen LogP contribution in [-0.2, 0) is 0 Å². The Morgan fingerprint density at radius 2 is 1.75 bits per heavy atom. The van der Waals surface area contributed by atoms with Crippen molar-refractivity contribution < 1.29 is 4.79 Å². The van der Waals surface area contributed by atoms with Crippen molar-refractivity contribution in [1.82, 2.24) is 19.6 Å². The number of imidazole rings is 1. The summed E-state index contributed by atoms with van der Waals surface area (Å²) < 4.78 is 1.68. The molecule has 0 aliphatic heterocycles. The molecule has 1 amide bonds. The second-order valence-corrected chi connectivity index (χ2v) is 6.76. The molecule has 3 aromatic heterocycles. The van der Waals surface area contributed by atoms with E-state index in [0.717, 1.165) is 22.0 Å². The van der Waals surface area contributed by atoms with Crippen molar-refractivity contribution in [3.05, 3.63) is 83.6 Å². The highest BCUT2D eigenvalue weighted by molar-refractivity contribution is 6.30. The number of aromatic amines is 1. The maximum atomic E-state index is 12.8. The lowest BCUT2D eigenvalue weighted by atomic mass is 10.2. The molecule has 0 saturated heterocycles. The normalized spacial score (nSPS) is 11.2. The first-order valence-electron chi connectivity index (χ1n) is 8.67. The maximum absolute atomic E-state index is 12.8. The van der Waals surface area contributed by atoms with Crippen molar-refractivity contribution >= 4 is 39.6 Å². The highest BCUT2D eigenvalue weighted by Crippen LogP contribution is 2.30. The van der Waals surface area contributed by atoms with Crippen LogP contribution in [0.1, 0.15) is 10.4 Å². The Morgan fingerprint density at radius 3 is 2.54 bits per heavy atom. The lowest BCUT2D eigenvalue weighted by Crippen LogP contribution is -2.23. The van der Waals surface area contributed by atoms with E-state index >= 15 is 0 Å². The molecule has 6 nitrogen and oxygen atoms in total. The maximum Gasteiger partial charge on any atom is 0.270 e. The molecule has 2 aromatic carbocycles. The first kappa shape index (κ1) is 16.5. The van der Waals surface area contributed by atoms with E-state index in [0.29, 0.717) is 22.1 Å². The van der Waals surface area contributed by atoms with Crippen LogP contribution >= 0.6 is 11.6 Å². The summed E-state index contributed by atoms with van der Waals surface area (Å²) in [4.78, 5) is 24.9. The van der Waals surface area contributed by atoms with Gasteiger partial charge in [0.1, 0.15) is 5.52 Å². The fourth-order valence-corrected chi connectivity index (χ4v) is 3.35. The molecule has 0 saturated carbocycles. The van der Waals surface area contributed by atoms with Gasteiger partial charge in [-0.1, -0.05) is 29.8 Å². The van der Waals surface area contributed by atoms with E-state index in [1.807, 2.05) is 36.4 Å². The quantitative estimate of drug-likeness (QED) is 0.474. The number of benzene rings is 2. The van der Waals surface area contributed by atoms with Crippen molar-refractivity contribution in [1.29, 1.82) is 0 Å². The van der Waals surface area contributed by atoms with Gasteiger partial charge in [0.05, 0.1) is 0 Å². The number of fused-ring (bicyclic) bond motifs is 3. The van der Waals surface area contributed by atoms with Crippen molar-refractivity contribution in [2.75, 3.05) is 5.43 Å². The molecule has 0 aliphatic rings. The predicted octanol–water partition coefficient (Wildman–Crippen LogP) is 4.62. The molecule has 28 heavy (non-hydrogen) atoms. The Labute approximate surface area is 164 Å². The van der Waals surface area contributed by atoms with Gasteiger partial charge >= 0.3 is 0 Å². The van der Waals surface area contributed by atoms with Crippen LogP contribution in [0, 0.1) is 0 Å². The van der Waals surface area contributed by atoms with Gasteiger partial charge in [0.25, 0.3) is 5.91 Å². The third-order valence-corrected chi connectivity index (χ3v) is 4.82.